The van der Waals surface area contributed by atoms with Crippen molar-refractivity contribution in [1.82, 2.24) is 9.97 Å². The Labute approximate surface area is 136 Å². The van der Waals surface area contributed by atoms with E-state index in [2.05, 4.69) is 31.2 Å². The third kappa shape index (κ3) is 4.82. The third-order valence-corrected chi connectivity index (χ3v) is 4.64. The third-order valence-electron chi connectivity index (χ3n) is 2.82. The van der Waals surface area contributed by atoms with Gasteiger partial charge in [-0.2, -0.15) is 0 Å². The number of carbonyl (C=O) groups excluding carboxylic acids is 1. The summed E-state index contributed by atoms with van der Waals surface area (Å²) in [5, 5.41) is 3.57. The number of nitrogens with one attached hydrogen (secondary N) is 1. The molecule has 1 aromatic heterocycles. The highest BCUT2D eigenvalue weighted by Gasteiger charge is 2.18. The van der Waals surface area contributed by atoms with E-state index in [1.54, 1.807) is 0 Å². The van der Waals surface area contributed by atoms with Gasteiger partial charge in [0.2, 0.25) is 5.91 Å². The van der Waals surface area contributed by atoms with E-state index in [1.165, 1.54) is 18.1 Å². The summed E-state index contributed by atoms with van der Waals surface area (Å²) in [4.78, 5) is 20.6. The Morgan fingerprint density at radius 1 is 1.33 bits per heavy atom. The Hall–Kier alpha value is -1.40. The number of benzene rings is 1. The van der Waals surface area contributed by atoms with Crippen molar-refractivity contribution in [1.29, 1.82) is 0 Å². The molecule has 2 rings (SSSR count). The zero-order valence-corrected chi connectivity index (χ0v) is 14.2. The van der Waals surface area contributed by atoms with E-state index in [9.17, 15) is 4.79 Å². The fourth-order valence-corrected chi connectivity index (χ4v) is 2.95. The van der Waals surface area contributed by atoms with Gasteiger partial charge in [0.1, 0.15) is 11.4 Å². The smallest absolute Gasteiger partial charge is 0.237 e. The predicted molar refractivity (Wildman–Crippen MR) is 89.5 cm³/mol. The Bertz CT molecular complexity index is 619. The second-order valence-electron chi connectivity index (χ2n) is 4.51. The molecule has 1 unspecified atom stereocenters. The molecule has 0 bridgehead atoms. The number of rotatable bonds is 5. The minimum atomic E-state index is -0.178. The molecular formula is C15H16BrN3OS. The lowest BCUT2D eigenvalue weighted by atomic mass is 10.3. The molecule has 0 fully saturated rings. The SMILES string of the molecule is CCC(Sc1cc(C)ncn1)C(=O)Nc1ccc(Br)cc1. The maximum absolute atomic E-state index is 12.3. The molecule has 110 valence electrons. The lowest BCUT2D eigenvalue weighted by Gasteiger charge is -2.14. The van der Waals surface area contributed by atoms with E-state index in [0.29, 0.717) is 0 Å². The van der Waals surface area contributed by atoms with Crippen LogP contribution in [-0.2, 0) is 4.79 Å². The van der Waals surface area contributed by atoms with E-state index in [1.807, 2.05) is 44.2 Å². The van der Waals surface area contributed by atoms with E-state index < -0.39 is 0 Å². The van der Waals surface area contributed by atoms with Gasteiger partial charge in [0.05, 0.1) is 5.25 Å². The summed E-state index contributed by atoms with van der Waals surface area (Å²) < 4.78 is 0.985. The molecule has 1 aromatic carbocycles. The molecule has 0 saturated heterocycles. The maximum Gasteiger partial charge on any atom is 0.237 e. The first-order chi connectivity index (χ1) is 10.1. The highest BCUT2D eigenvalue weighted by Crippen LogP contribution is 2.25. The van der Waals surface area contributed by atoms with Gasteiger partial charge in [0, 0.05) is 15.9 Å². The molecule has 6 heteroatoms. The van der Waals surface area contributed by atoms with Crippen molar-refractivity contribution in [3.63, 3.8) is 0 Å². The number of halogens is 1. The molecule has 1 atom stereocenters. The minimum absolute atomic E-state index is 0.0129. The van der Waals surface area contributed by atoms with Gasteiger partial charge in [-0.25, -0.2) is 9.97 Å². The fraction of sp³-hybridized carbons (Fsp3) is 0.267. The molecule has 0 radical (unpaired) electrons. The van der Waals surface area contributed by atoms with Crippen LogP contribution in [-0.4, -0.2) is 21.1 Å². The summed E-state index contributed by atoms with van der Waals surface area (Å²) in [6.07, 6.45) is 2.26. The first-order valence-corrected chi connectivity index (χ1v) is 8.27. The van der Waals surface area contributed by atoms with Crippen LogP contribution in [0.3, 0.4) is 0 Å². The molecule has 1 heterocycles. The van der Waals surface area contributed by atoms with Crippen molar-refractivity contribution in [3.05, 3.63) is 46.8 Å². The van der Waals surface area contributed by atoms with Crippen LogP contribution in [0.4, 0.5) is 5.69 Å². The molecule has 0 spiro atoms. The van der Waals surface area contributed by atoms with Crippen LogP contribution in [0.5, 0.6) is 0 Å². The second kappa shape index (κ2) is 7.56. The molecule has 2 aromatic rings. The molecule has 4 nitrogen and oxygen atoms in total. The van der Waals surface area contributed by atoms with Gasteiger partial charge >= 0.3 is 0 Å². The van der Waals surface area contributed by atoms with Gasteiger partial charge in [-0.1, -0.05) is 34.6 Å². The quantitative estimate of drug-likeness (QED) is 0.641. The predicted octanol–water partition coefficient (Wildman–Crippen LogP) is 4.06. The average Bonchev–Trinajstić information content (AvgIpc) is 2.47. The maximum atomic E-state index is 12.3. The van der Waals surface area contributed by atoms with E-state index >= 15 is 0 Å². The van der Waals surface area contributed by atoms with Crippen LogP contribution in [0.2, 0.25) is 0 Å². The van der Waals surface area contributed by atoms with E-state index in [-0.39, 0.29) is 11.2 Å². The van der Waals surface area contributed by atoms with Crippen molar-refractivity contribution in [2.45, 2.75) is 30.5 Å². The number of hydrogen-bond donors (Lipinski definition) is 1. The Morgan fingerprint density at radius 2 is 2.05 bits per heavy atom. The van der Waals surface area contributed by atoms with Crippen LogP contribution < -0.4 is 5.32 Å². The highest BCUT2D eigenvalue weighted by atomic mass is 79.9. The average molecular weight is 366 g/mol. The zero-order chi connectivity index (χ0) is 15.2. The summed E-state index contributed by atoms with van der Waals surface area (Å²) in [7, 11) is 0. The number of aromatic nitrogens is 2. The Kier molecular flexibility index (Phi) is 5.76. The topological polar surface area (TPSA) is 54.9 Å². The molecule has 1 N–H and O–H groups in total. The Balaban J connectivity index is 2.03. The standard InChI is InChI=1S/C15H16BrN3OS/c1-3-13(21-14-8-10(2)17-9-18-14)15(20)19-12-6-4-11(16)5-7-12/h4-9,13H,3H2,1-2H3,(H,19,20). The number of nitrogens with zero attached hydrogens (tertiary/aromatic N) is 2. The van der Waals surface area contributed by atoms with E-state index in [0.717, 1.165) is 27.3 Å². The van der Waals surface area contributed by atoms with Crippen molar-refractivity contribution >= 4 is 39.3 Å². The number of hydrogen-bond acceptors (Lipinski definition) is 4. The summed E-state index contributed by atoms with van der Waals surface area (Å²) in [5.74, 6) is -0.0129. The number of aryl methyl sites for hydroxylation is 1. The second-order valence-corrected chi connectivity index (χ2v) is 6.65. The minimum Gasteiger partial charge on any atom is -0.325 e. The normalized spacial score (nSPS) is 12.0. The summed E-state index contributed by atoms with van der Waals surface area (Å²) in [6.45, 7) is 3.90. The largest absolute Gasteiger partial charge is 0.325 e. The molecule has 0 aliphatic heterocycles. The Morgan fingerprint density at radius 3 is 2.67 bits per heavy atom. The first-order valence-electron chi connectivity index (χ1n) is 6.60. The lowest BCUT2D eigenvalue weighted by molar-refractivity contribution is -0.115. The zero-order valence-electron chi connectivity index (χ0n) is 11.8. The number of amides is 1. The highest BCUT2D eigenvalue weighted by molar-refractivity contribution is 9.10. The van der Waals surface area contributed by atoms with Crippen molar-refractivity contribution in [2.75, 3.05) is 5.32 Å². The van der Waals surface area contributed by atoms with Gasteiger partial charge in [0.25, 0.3) is 0 Å². The van der Waals surface area contributed by atoms with Crippen LogP contribution >= 0.6 is 27.7 Å². The van der Waals surface area contributed by atoms with Crippen LogP contribution in [0.15, 0.2) is 46.2 Å². The van der Waals surface area contributed by atoms with Gasteiger partial charge in [0.15, 0.2) is 0 Å². The fourth-order valence-electron chi connectivity index (χ4n) is 1.72. The first kappa shape index (κ1) is 16.0. The monoisotopic (exact) mass is 365 g/mol. The number of thioether (sulfide) groups is 1. The van der Waals surface area contributed by atoms with Crippen LogP contribution in [0, 0.1) is 6.92 Å². The van der Waals surface area contributed by atoms with Crippen LogP contribution in [0.1, 0.15) is 19.0 Å². The van der Waals surface area contributed by atoms with Crippen molar-refractivity contribution < 1.29 is 4.79 Å². The summed E-state index contributed by atoms with van der Waals surface area (Å²) >= 11 is 4.84. The number of anilines is 1. The molecule has 0 aliphatic carbocycles. The molecule has 0 saturated carbocycles. The lowest BCUT2D eigenvalue weighted by Crippen LogP contribution is -2.24. The molecular weight excluding hydrogens is 350 g/mol. The molecule has 1 amide bonds. The van der Waals surface area contributed by atoms with E-state index in [4.69, 9.17) is 0 Å². The van der Waals surface area contributed by atoms with Gasteiger partial charge in [-0.3, -0.25) is 4.79 Å². The van der Waals surface area contributed by atoms with Crippen molar-refractivity contribution in [2.24, 2.45) is 0 Å². The van der Waals surface area contributed by atoms with Gasteiger partial charge < -0.3 is 5.32 Å². The van der Waals surface area contributed by atoms with Crippen LogP contribution in [0.25, 0.3) is 0 Å². The summed E-state index contributed by atoms with van der Waals surface area (Å²) in [5.41, 5.74) is 1.69. The van der Waals surface area contributed by atoms with Gasteiger partial charge in [-0.15, -0.1) is 0 Å². The summed E-state index contributed by atoms with van der Waals surface area (Å²) in [6, 6.07) is 9.43. The molecule has 21 heavy (non-hydrogen) atoms. The van der Waals surface area contributed by atoms with Gasteiger partial charge in [-0.05, 0) is 43.7 Å². The van der Waals surface area contributed by atoms with Crippen molar-refractivity contribution in [3.8, 4) is 0 Å². The molecule has 0 aliphatic rings. The number of carbonyl (C=O) groups is 1.